The molecule has 0 aromatic heterocycles. The summed E-state index contributed by atoms with van der Waals surface area (Å²) in [6, 6.07) is 0. The second-order valence-corrected chi connectivity index (χ2v) is 2.18. The van der Waals surface area contributed by atoms with Crippen LogP contribution in [0.5, 0.6) is 0 Å². The maximum absolute atomic E-state index is 8.47. The number of hydrogen-bond acceptors (Lipinski definition) is 5. The van der Waals surface area contributed by atoms with E-state index >= 15 is 0 Å². The molecule has 0 atom stereocenters. The maximum atomic E-state index is 8.47. The molecule has 5 heteroatoms. The van der Waals surface area contributed by atoms with Crippen molar-refractivity contribution in [2.45, 2.75) is 0 Å². The predicted molar refractivity (Wildman–Crippen MR) is 36.6 cm³/mol. The number of aliphatic imine (C=N–C) groups is 1. The predicted octanol–water partition coefficient (Wildman–Crippen LogP) is -1.06. The Kier molecular flexibility index (Phi) is 1.73. The first kappa shape index (κ1) is 6.83. The molecule has 0 aliphatic carbocycles. The molecule has 0 fully saturated rings. The summed E-state index contributed by atoms with van der Waals surface area (Å²) in [4.78, 5) is 7.11. The summed E-state index contributed by atoms with van der Waals surface area (Å²) in [5.41, 5.74) is 5.38. The molecule has 0 amide bonds. The van der Waals surface area contributed by atoms with E-state index in [9.17, 15) is 0 Å². The molecule has 1 rings (SSSR count). The first-order valence-electron chi connectivity index (χ1n) is 2.90. The molecule has 0 saturated carbocycles. The van der Waals surface area contributed by atoms with E-state index in [-0.39, 0.29) is 0 Å². The fourth-order valence-electron chi connectivity index (χ4n) is 0.720. The number of nitrogens with two attached hydrogens (primary N) is 1. The van der Waals surface area contributed by atoms with Crippen LogP contribution in [0, 0.1) is 11.5 Å². The van der Waals surface area contributed by atoms with Crippen LogP contribution in [0.1, 0.15) is 0 Å². The van der Waals surface area contributed by atoms with Gasteiger partial charge in [0.05, 0.1) is 13.3 Å². The molecule has 0 saturated heterocycles. The minimum absolute atomic E-state index is 0.306. The minimum atomic E-state index is 0.306. The van der Waals surface area contributed by atoms with Crippen molar-refractivity contribution in [1.82, 2.24) is 9.80 Å². The van der Waals surface area contributed by atoms with Gasteiger partial charge in [-0.15, -0.1) is 0 Å². The van der Waals surface area contributed by atoms with Gasteiger partial charge in [-0.05, 0) is 7.05 Å². The molecule has 1 aliphatic rings. The molecule has 5 nitrogen and oxygen atoms in total. The van der Waals surface area contributed by atoms with Gasteiger partial charge >= 0.3 is 0 Å². The van der Waals surface area contributed by atoms with Gasteiger partial charge in [-0.3, -0.25) is 4.90 Å². The van der Waals surface area contributed by atoms with Crippen molar-refractivity contribution in [3.05, 3.63) is 0 Å². The van der Waals surface area contributed by atoms with E-state index in [4.69, 9.17) is 11.0 Å². The van der Waals surface area contributed by atoms with E-state index in [1.165, 1.54) is 4.90 Å². The quantitative estimate of drug-likeness (QED) is 0.434. The maximum Gasteiger partial charge on any atom is 0.207 e. The van der Waals surface area contributed by atoms with Gasteiger partial charge in [0, 0.05) is 0 Å². The lowest BCUT2D eigenvalue weighted by Crippen LogP contribution is -2.45. The molecule has 10 heavy (non-hydrogen) atoms. The summed E-state index contributed by atoms with van der Waals surface area (Å²) >= 11 is 0. The lowest BCUT2D eigenvalue weighted by atomic mass is 10.6. The largest absolute Gasteiger partial charge is 0.369 e. The Labute approximate surface area is 59.3 Å². The Hall–Kier alpha value is -1.28. The molecule has 0 aromatic rings. The van der Waals surface area contributed by atoms with Crippen LogP contribution in [0.4, 0.5) is 0 Å². The number of nitrogens with zero attached hydrogens (tertiary/aromatic N) is 4. The Morgan fingerprint density at radius 2 is 2.50 bits per heavy atom. The first-order valence-corrected chi connectivity index (χ1v) is 2.90. The second-order valence-electron chi connectivity index (χ2n) is 2.18. The molecular weight excluding hydrogens is 130 g/mol. The number of nitriles is 1. The standard InChI is InChI=1S/C5H9N5/c1-9-3-8-5(7)10(2-6)4-9/h3-4H2,1H3,(H2,7,8). The lowest BCUT2D eigenvalue weighted by Gasteiger charge is -2.25. The normalized spacial score (nSPS) is 20.0. The molecule has 0 spiro atoms. The lowest BCUT2D eigenvalue weighted by molar-refractivity contribution is 0.249. The van der Waals surface area contributed by atoms with Crippen LogP contribution in [0.25, 0.3) is 0 Å². The van der Waals surface area contributed by atoms with E-state index in [1.807, 2.05) is 18.1 Å². The van der Waals surface area contributed by atoms with Crippen molar-refractivity contribution in [3.63, 3.8) is 0 Å². The molecule has 54 valence electrons. The van der Waals surface area contributed by atoms with Crippen LogP contribution in [-0.4, -0.2) is 36.1 Å². The first-order chi connectivity index (χ1) is 4.74. The van der Waals surface area contributed by atoms with Crippen molar-refractivity contribution in [3.8, 4) is 6.19 Å². The van der Waals surface area contributed by atoms with E-state index in [1.54, 1.807) is 0 Å². The zero-order valence-corrected chi connectivity index (χ0v) is 5.78. The summed E-state index contributed by atoms with van der Waals surface area (Å²) < 4.78 is 0. The van der Waals surface area contributed by atoms with Gasteiger partial charge < -0.3 is 5.73 Å². The van der Waals surface area contributed by atoms with Gasteiger partial charge in [0.15, 0.2) is 6.19 Å². The van der Waals surface area contributed by atoms with E-state index in [0.29, 0.717) is 19.3 Å². The summed E-state index contributed by atoms with van der Waals surface area (Å²) in [6.45, 7) is 1.11. The van der Waals surface area contributed by atoms with Crippen LogP contribution in [0.15, 0.2) is 4.99 Å². The summed E-state index contributed by atoms with van der Waals surface area (Å²) in [6.07, 6.45) is 1.92. The average molecular weight is 139 g/mol. The highest BCUT2D eigenvalue weighted by molar-refractivity contribution is 5.79. The zero-order valence-electron chi connectivity index (χ0n) is 5.78. The molecule has 2 N–H and O–H groups in total. The van der Waals surface area contributed by atoms with Crippen LogP contribution in [0.3, 0.4) is 0 Å². The van der Waals surface area contributed by atoms with Gasteiger partial charge in [0.1, 0.15) is 0 Å². The molecule has 1 heterocycles. The smallest absolute Gasteiger partial charge is 0.207 e. The second kappa shape index (κ2) is 2.54. The third-order valence-electron chi connectivity index (χ3n) is 1.25. The third-order valence-corrected chi connectivity index (χ3v) is 1.25. The minimum Gasteiger partial charge on any atom is -0.369 e. The van der Waals surface area contributed by atoms with Gasteiger partial charge in [0.2, 0.25) is 5.96 Å². The van der Waals surface area contributed by atoms with Gasteiger partial charge in [0.25, 0.3) is 0 Å². The van der Waals surface area contributed by atoms with Crippen molar-refractivity contribution in [1.29, 1.82) is 5.26 Å². The Morgan fingerprint density at radius 3 is 3.00 bits per heavy atom. The number of hydrogen-bond donors (Lipinski definition) is 1. The molecule has 0 bridgehead atoms. The molecule has 0 aromatic carbocycles. The van der Waals surface area contributed by atoms with E-state index in [0.717, 1.165) is 0 Å². The van der Waals surface area contributed by atoms with Crippen molar-refractivity contribution >= 4 is 5.96 Å². The van der Waals surface area contributed by atoms with Crippen molar-refractivity contribution in [2.24, 2.45) is 10.7 Å². The van der Waals surface area contributed by atoms with Gasteiger partial charge in [-0.1, -0.05) is 0 Å². The third kappa shape index (κ3) is 1.17. The van der Waals surface area contributed by atoms with Gasteiger partial charge in [-0.25, -0.2) is 9.89 Å². The highest BCUT2D eigenvalue weighted by Crippen LogP contribution is 1.96. The summed E-state index contributed by atoms with van der Waals surface area (Å²) in [7, 11) is 1.88. The number of rotatable bonds is 0. The fraction of sp³-hybridized carbons (Fsp3) is 0.600. The van der Waals surface area contributed by atoms with Crippen LogP contribution in [0.2, 0.25) is 0 Å². The highest BCUT2D eigenvalue weighted by atomic mass is 15.4. The average Bonchev–Trinajstić information content (AvgIpc) is 1.94. The van der Waals surface area contributed by atoms with Gasteiger partial charge in [-0.2, -0.15) is 5.26 Å². The van der Waals surface area contributed by atoms with E-state index < -0.39 is 0 Å². The fourth-order valence-corrected chi connectivity index (χ4v) is 0.720. The van der Waals surface area contributed by atoms with Crippen LogP contribution in [-0.2, 0) is 0 Å². The van der Waals surface area contributed by atoms with Crippen molar-refractivity contribution in [2.75, 3.05) is 20.4 Å². The Balaban J connectivity index is 2.68. The van der Waals surface area contributed by atoms with E-state index in [2.05, 4.69) is 4.99 Å². The molecule has 1 aliphatic heterocycles. The summed E-state index contributed by atoms with van der Waals surface area (Å²) in [5.74, 6) is 0.306. The Bertz CT molecular complexity index is 191. The Morgan fingerprint density at radius 1 is 1.80 bits per heavy atom. The molecule has 0 radical (unpaired) electrons. The molecular formula is C5H9N5. The van der Waals surface area contributed by atoms with Crippen molar-refractivity contribution < 1.29 is 0 Å². The molecule has 0 unspecified atom stereocenters. The topological polar surface area (TPSA) is 68.7 Å². The SMILES string of the molecule is CN1CN=C(N)N(C#N)C1. The highest BCUT2D eigenvalue weighted by Gasteiger charge is 2.13. The monoisotopic (exact) mass is 139 g/mol. The number of guanidine groups is 1. The van der Waals surface area contributed by atoms with Crippen LogP contribution >= 0.6 is 0 Å². The summed E-state index contributed by atoms with van der Waals surface area (Å²) in [5, 5.41) is 8.47. The van der Waals surface area contributed by atoms with Crippen LogP contribution < -0.4 is 5.73 Å². The zero-order chi connectivity index (χ0) is 7.56.